The first-order valence-corrected chi connectivity index (χ1v) is 7.24. The fourth-order valence-electron chi connectivity index (χ4n) is 2.80. The summed E-state index contributed by atoms with van der Waals surface area (Å²) in [6.07, 6.45) is 15.9. The molecule has 2 atom stereocenters. The molecule has 0 aromatic rings. The Morgan fingerprint density at radius 1 is 0.722 bits per heavy atom. The minimum atomic E-state index is 0.607. The first-order chi connectivity index (χ1) is 8.79. The second kappa shape index (κ2) is 6.91. The van der Waals surface area contributed by atoms with Crippen molar-refractivity contribution < 1.29 is 0 Å². The number of hydrogen-bond acceptors (Lipinski definition) is 2. The van der Waals surface area contributed by atoms with Crippen LogP contribution in [0, 0.1) is 0 Å². The summed E-state index contributed by atoms with van der Waals surface area (Å²) in [5, 5.41) is 0. The van der Waals surface area contributed by atoms with Crippen LogP contribution in [-0.4, -0.2) is 48.1 Å². The summed E-state index contributed by atoms with van der Waals surface area (Å²) < 4.78 is 0. The van der Waals surface area contributed by atoms with Gasteiger partial charge in [0.25, 0.3) is 0 Å². The van der Waals surface area contributed by atoms with Gasteiger partial charge in [0.1, 0.15) is 0 Å². The van der Waals surface area contributed by atoms with E-state index in [-0.39, 0.29) is 0 Å². The molecule has 2 aliphatic heterocycles. The van der Waals surface area contributed by atoms with E-state index >= 15 is 0 Å². The zero-order valence-corrected chi connectivity index (χ0v) is 11.8. The highest BCUT2D eigenvalue weighted by atomic mass is 15.2. The molecule has 2 rings (SSSR count). The van der Waals surface area contributed by atoms with Crippen molar-refractivity contribution in [2.45, 2.75) is 38.8 Å². The molecular formula is C16H26N2. The van der Waals surface area contributed by atoms with Crippen LogP contribution in [0.1, 0.15) is 26.7 Å². The molecule has 0 spiro atoms. The minimum Gasteiger partial charge on any atom is -0.299 e. The van der Waals surface area contributed by atoms with Crippen molar-refractivity contribution in [2.75, 3.05) is 26.2 Å². The van der Waals surface area contributed by atoms with E-state index in [2.05, 4.69) is 60.1 Å². The van der Waals surface area contributed by atoms with Gasteiger partial charge in [-0.25, -0.2) is 0 Å². The molecule has 0 N–H and O–H groups in total. The molecule has 2 heterocycles. The van der Waals surface area contributed by atoms with Crippen molar-refractivity contribution in [3.63, 3.8) is 0 Å². The molecule has 0 aliphatic carbocycles. The first kappa shape index (κ1) is 13.6. The monoisotopic (exact) mass is 246 g/mol. The fourth-order valence-corrected chi connectivity index (χ4v) is 2.80. The number of hydrogen-bond donors (Lipinski definition) is 0. The molecular weight excluding hydrogens is 220 g/mol. The van der Waals surface area contributed by atoms with Gasteiger partial charge < -0.3 is 0 Å². The maximum absolute atomic E-state index is 2.64. The summed E-state index contributed by atoms with van der Waals surface area (Å²) in [6.45, 7) is 9.32. The molecule has 0 saturated carbocycles. The standard InChI is InChI=1S/C16H26N2/c1-15(17-11-7-3-4-8-12-17)16(2)18-13-9-5-6-10-14-18/h3-8,15-16H,9-14H2,1-2H3. The smallest absolute Gasteiger partial charge is 0.0227 e. The van der Waals surface area contributed by atoms with Crippen molar-refractivity contribution in [1.29, 1.82) is 0 Å². The lowest BCUT2D eigenvalue weighted by atomic mass is 10.1. The van der Waals surface area contributed by atoms with Crippen molar-refractivity contribution in [3.8, 4) is 0 Å². The van der Waals surface area contributed by atoms with Gasteiger partial charge >= 0.3 is 0 Å². The maximum atomic E-state index is 2.64. The molecule has 0 saturated heterocycles. The summed E-state index contributed by atoms with van der Waals surface area (Å²) in [7, 11) is 0. The molecule has 2 heteroatoms. The van der Waals surface area contributed by atoms with Gasteiger partial charge in [-0.1, -0.05) is 36.5 Å². The fraction of sp³-hybridized carbons (Fsp3) is 0.625. The van der Waals surface area contributed by atoms with Crippen molar-refractivity contribution in [3.05, 3.63) is 36.5 Å². The number of allylic oxidation sites excluding steroid dienone is 2. The van der Waals surface area contributed by atoms with Crippen LogP contribution in [0.15, 0.2) is 36.5 Å². The van der Waals surface area contributed by atoms with Gasteiger partial charge in [-0.05, 0) is 26.7 Å². The molecule has 2 nitrogen and oxygen atoms in total. The Bertz CT molecular complexity index is 306. The van der Waals surface area contributed by atoms with E-state index in [1.165, 1.54) is 25.9 Å². The third-order valence-corrected chi connectivity index (χ3v) is 4.25. The third-order valence-electron chi connectivity index (χ3n) is 4.25. The lowest BCUT2D eigenvalue weighted by Crippen LogP contribution is -2.49. The Balaban J connectivity index is 1.92. The second-order valence-electron chi connectivity index (χ2n) is 5.38. The highest BCUT2D eigenvalue weighted by Gasteiger charge is 2.24. The summed E-state index contributed by atoms with van der Waals surface area (Å²) in [5.74, 6) is 0. The SMILES string of the molecule is CC(C(C)N1CCC=CCC1)N1CC=CC=CC1. The molecule has 0 aromatic heterocycles. The van der Waals surface area contributed by atoms with Crippen LogP contribution < -0.4 is 0 Å². The molecule has 0 aromatic carbocycles. The predicted molar refractivity (Wildman–Crippen MR) is 78.7 cm³/mol. The Morgan fingerprint density at radius 3 is 1.78 bits per heavy atom. The van der Waals surface area contributed by atoms with Crippen LogP contribution in [0.3, 0.4) is 0 Å². The van der Waals surface area contributed by atoms with Crippen LogP contribution in [0.4, 0.5) is 0 Å². The largest absolute Gasteiger partial charge is 0.299 e. The predicted octanol–water partition coefficient (Wildman–Crippen LogP) is 2.84. The van der Waals surface area contributed by atoms with Gasteiger partial charge in [0, 0.05) is 38.3 Å². The quantitative estimate of drug-likeness (QED) is 0.707. The Labute approximate surface area is 112 Å². The Hall–Kier alpha value is -0.860. The minimum absolute atomic E-state index is 0.607. The Morgan fingerprint density at radius 2 is 1.22 bits per heavy atom. The molecule has 0 bridgehead atoms. The van der Waals surface area contributed by atoms with Crippen molar-refractivity contribution >= 4 is 0 Å². The van der Waals surface area contributed by atoms with Crippen LogP contribution >= 0.6 is 0 Å². The van der Waals surface area contributed by atoms with Crippen molar-refractivity contribution in [2.24, 2.45) is 0 Å². The van der Waals surface area contributed by atoms with E-state index in [1.807, 2.05) is 0 Å². The first-order valence-electron chi connectivity index (χ1n) is 7.24. The number of nitrogens with zero attached hydrogens (tertiary/aromatic N) is 2. The second-order valence-corrected chi connectivity index (χ2v) is 5.38. The Kier molecular flexibility index (Phi) is 5.21. The van der Waals surface area contributed by atoms with E-state index in [4.69, 9.17) is 0 Å². The van der Waals surface area contributed by atoms with Gasteiger partial charge in [-0.2, -0.15) is 0 Å². The van der Waals surface area contributed by atoms with E-state index in [0.717, 1.165) is 13.1 Å². The normalized spacial score (nSPS) is 25.7. The summed E-state index contributed by atoms with van der Waals surface area (Å²) in [6, 6.07) is 1.24. The molecule has 0 amide bonds. The van der Waals surface area contributed by atoms with Crippen LogP contribution in [0.5, 0.6) is 0 Å². The van der Waals surface area contributed by atoms with Gasteiger partial charge in [0.05, 0.1) is 0 Å². The van der Waals surface area contributed by atoms with Crippen LogP contribution in [-0.2, 0) is 0 Å². The van der Waals surface area contributed by atoms with Gasteiger partial charge in [-0.15, -0.1) is 0 Å². The topological polar surface area (TPSA) is 6.48 Å². The van der Waals surface area contributed by atoms with Crippen molar-refractivity contribution in [1.82, 2.24) is 9.80 Å². The lowest BCUT2D eigenvalue weighted by molar-refractivity contribution is 0.115. The molecule has 18 heavy (non-hydrogen) atoms. The van der Waals surface area contributed by atoms with Gasteiger partial charge in [-0.3, -0.25) is 9.80 Å². The van der Waals surface area contributed by atoms with Crippen LogP contribution in [0.2, 0.25) is 0 Å². The zero-order valence-electron chi connectivity index (χ0n) is 11.8. The average molecular weight is 246 g/mol. The molecule has 100 valence electrons. The average Bonchev–Trinajstić information content (AvgIpc) is 2.81. The summed E-state index contributed by atoms with van der Waals surface area (Å²) >= 11 is 0. The zero-order chi connectivity index (χ0) is 12.8. The van der Waals surface area contributed by atoms with Gasteiger partial charge in [0.2, 0.25) is 0 Å². The summed E-state index contributed by atoms with van der Waals surface area (Å²) in [4.78, 5) is 5.20. The highest BCUT2D eigenvalue weighted by Crippen LogP contribution is 2.15. The molecule has 2 aliphatic rings. The van der Waals surface area contributed by atoms with E-state index < -0.39 is 0 Å². The van der Waals surface area contributed by atoms with E-state index in [1.54, 1.807) is 0 Å². The van der Waals surface area contributed by atoms with Crippen LogP contribution in [0.25, 0.3) is 0 Å². The maximum Gasteiger partial charge on any atom is 0.0227 e. The third kappa shape index (κ3) is 3.56. The molecule has 2 unspecified atom stereocenters. The number of rotatable bonds is 3. The highest BCUT2D eigenvalue weighted by molar-refractivity contribution is 5.08. The van der Waals surface area contributed by atoms with E-state index in [9.17, 15) is 0 Å². The molecule has 0 fully saturated rings. The lowest BCUT2D eigenvalue weighted by Gasteiger charge is -2.38. The summed E-state index contributed by atoms with van der Waals surface area (Å²) in [5.41, 5.74) is 0. The van der Waals surface area contributed by atoms with Gasteiger partial charge in [0.15, 0.2) is 0 Å². The molecule has 0 radical (unpaired) electrons. The van der Waals surface area contributed by atoms with E-state index in [0.29, 0.717) is 12.1 Å².